The van der Waals surface area contributed by atoms with E-state index in [2.05, 4.69) is 4.72 Å². The molecule has 2 aromatic rings. The quantitative estimate of drug-likeness (QED) is 0.289. The van der Waals surface area contributed by atoms with Gasteiger partial charge in [-0.3, -0.25) is 10.0 Å². The topological polar surface area (TPSA) is 131 Å². The van der Waals surface area contributed by atoms with E-state index in [1.54, 1.807) is 36.7 Å². The van der Waals surface area contributed by atoms with E-state index in [9.17, 15) is 13.2 Å². The third-order valence-corrected chi connectivity index (χ3v) is 5.36. The average Bonchev–Trinajstić information content (AvgIpc) is 2.67. The van der Waals surface area contributed by atoms with Crippen LogP contribution in [0.25, 0.3) is 0 Å². The predicted octanol–water partition coefficient (Wildman–Crippen LogP) is 1.32. The summed E-state index contributed by atoms with van der Waals surface area (Å²) >= 11 is 0. The van der Waals surface area contributed by atoms with E-state index >= 15 is 0 Å². The number of sulfonamides is 1. The smallest absolute Gasteiger partial charge is 0.274 e. The lowest BCUT2D eigenvalue weighted by atomic mass is 10.0. The van der Waals surface area contributed by atoms with E-state index in [4.69, 9.17) is 15.7 Å². The van der Waals surface area contributed by atoms with Crippen LogP contribution in [0.15, 0.2) is 47.4 Å². The van der Waals surface area contributed by atoms with Crippen LogP contribution in [0.3, 0.4) is 0 Å². The third-order valence-electron chi connectivity index (χ3n) is 3.95. The summed E-state index contributed by atoms with van der Waals surface area (Å²) in [5.74, 6) is -0.143. The van der Waals surface area contributed by atoms with E-state index in [0.29, 0.717) is 30.9 Å². The zero-order chi connectivity index (χ0) is 19.9. The number of carbonyl (C=O) groups excluding carboxylic acids is 1. The van der Waals surface area contributed by atoms with Crippen molar-refractivity contribution in [3.63, 3.8) is 0 Å². The van der Waals surface area contributed by atoms with E-state index < -0.39 is 15.9 Å². The minimum Gasteiger partial charge on any atom is -0.494 e. The van der Waals surface area contributed by atoms with Crippen molar-refractivity contribution in [1.82, 2.24) is 10.2 Å². The van der Waals surface area contributed by atoms with Crippen molar-refractivity contribution < 1.29 is 23.2 Å². The summed E-state index contributed by atoms with van der Waals surface area (Å²) in [5.41, 5.74) is 8.37. The van der Waals surface area contributed by atoms with Crippen LogP contribution in [0.1, 0.15) is 27.9 Å². The molecule has 0 aliphatic heterocycles. The maximum absolute atomic E-state index is 12.5. The second kappa shape index (κ2) is 9.47. The number of rotatable bonds is 9. The highest BCUT2D eigenvalue weighted by Crippen LogP contribution is 2.18. The summed E-state index contributed by atoms with van der Waals surface area (Å²) in [7, 11) is -3.79. The molecule has 0 aliphatic carbocycles. The molecule has 5 N–H and O–H groups in total. The second-order valence-electron chi connectivity index (χ2n) is 5.83. The molecule has 1 amide bonds. The predicted molar refractivity (Wildman–Crippen MR) is 100 cm³/mol. The zero-order valence-corrected chi connectivity index (χ0v) is 15.8. The Morgan fingerprint density at radius 2 is 1.89 bits per heavy atom. The van der Waals surface area contributed by atoms with Gasteiger partial charge in [0.05, 0.1) is 11.5 Å². The molecule has 9 heteroatoms. The Bertz CT molecular complexity index is 882. The van der Waals surface area contributed by atoms with Gasteiger partial charge >= 0.3 is 0 Å². The van der Waals surface area contributed by atoms with Gasteiger partial charge in [0.15, 0.2) is 0 Å². The second-order valence-corrected chi connectivity index (χ2v) is 7.60. The third kappa shape index (κ3) is 5.51. The van der Waals surface area contributed by atoms with Gasteiger partial charge in [-0.05, 0) is 61.3 Å². The lowest BCUT2D eigenvalue weighted by Gasteiger charge is -2.13. The average molecular weight is 393 g/mol. The van der Waals surface area contributed by atoms with Gasteiger partial charge < -0.3 is 10.5 Å². The van der Waals surface area contributed by atoms with E-state index in [1.807, 2.05) is 0 Å². The molecule has 0 aromatic heterocycles. The Labute approximate surface area is 158 Å². The number of hydrogen-bond acceptors (Lipinski definition) is 6. The molecule has 0 aliphatic rings. The highest BCUT2D eigenvalue weighted by atomic mass is 32.2. The van der Waals surface area contributed by atoms with Crippen molar-refractivity contribution in [2.75, 3.05) is 13.2 Å². The van der Waals surface area contributed by atoms with Crippen LogP contribution < -0.4 is 20.7 Å². The molecular weight excluding hydrogens is 370 g/mol. The molecule has 0 unspecified atom stereocenters. The summed E-state index contributed by atoms with van der Waals surface area (Å²) in [6.07, 6.45) is 0.710. The maximum Gasteiger partial charge on any atom is 0.274 e. The van der Waals surface area contributed by atoms with Gasteiger partial charge in [-0.2, -0.15) is 0 Å². The first kappa shape index (κ1) is 20.8. The van der Waals surface area contributed by atoms with Crippen LogP contribution in [0.2, 0.25) is 0 Å². The van der Waals surface area contributed by atoms with Crippen LogP contribution in [0.5, 0.6) is 5.75 Å². The summed E-state index contributed by atoms with van der Waals surface area (Å²) < 4.78 is 33.0. The van der Waals surface area contributed by atoms with Gasteiger partial charge in [-0.1, -0.05) is 12.1 Å². The number of hydrogen-bond donors (Lipinski definition) is 4. The monoisotopic (exact) mass is 393 g/mol. The van der Waals surface area contributed by atoms with Crippen LogP contribution >= 0.6 is 0 Å². The summed E-state index contributed by atoms with van der Waals surface area (Å²) in [6.45, 7) is 2.65. The van der Waals surface area contributed by atoms with Crippen molar-refractivity contribution in [2.45, 2.75) is 24.8 Å². The number of carbonyl (C=O) groups is 1. The minimum absolute atomic E-state index is 0.0791. The van der Waals surface area contributed by atoms with Crippen molar-refractivity contribution in [3.8, 4) is 5.75 Å². The Balaban J connectivity index is 2.12. The number of benzene rings is 2. The van der Waals surface area contributed by atoms with Gasteiger partial charge in [0.1, 0.15) is 5.75 Å². The molecule has 2 rings (SSSR count). The first-order valence-corrected chi connectivity index (χ1v) is 9.83. The molecule has 0 heterocycles. The molecule has 0 spiro atoms. The standard InChI is InChI=1S/C18H23N3O5S/c1-13-4-2-5-16(18(22)21-23)17(13)12-20-27(24,25)15-8-6-14(7-9-15)26-11-3-10-19/h2,4-9,20,23H,3,10-12,19H2,1H3,(H,21,22). The Kier molecular flexibility index (Phi) is 7.31. The number of aryl methyl sites for hydroxylation is 1. The number of ether oxygens (including phenoxy) is 1. The van der Waals surface area contributed by atoms with E-state index in [0.717, 1.165) is 5.56 Å². The van der Waals surface area contributed by atoms with Crippen molar-refractivity contribution >= 4 is 15.9 Å². The Morgan fingerprint density at radius 3 is 2.52 bits per heavy atom. The summed E-state index contributed by atoms with van der Waals surface area (Å²) in [6, 6.07) is 11.0. The van der Waals surface area contributed by atoms with Gasteiger partial charge in [0, 0.05) is 12.1 Å². The molecule has 0 saturated heterocycles. The van der Waals surface area contributed by atoms with Gasteiger partial charge in [0.25, 0.3) is 5.91 Å². The first-order chi connectivity index (χ1) is 12.9. The molecular formula is C18H23N3O5S. The first-order valence-electron chi connectivity index (χ1n) is 8.34. The molecule has 0 fully saturated rings. The summed E-state index contributed by atoms with van der Waals surface area (Å²) in [5, 5.41) is 8.86. The molecule has 0 atom stereocenters. The molecule has 27 heavy (non-hydrogen) atoms. The van der Waals surface area contributed by atoms with Crippen LogP contribution in [0.4, 0.5) is 0 Å². The normalized spacial score (nSPS) is 11.2. The fraction of sp³-hybridized carbons (Fsp3) is 0.278. The molecule has 146 valence electrons. The molecule has 2 aromatic carbocycles. The SMILES string of the molecule is Cc1cccc(C(=O)NO)c1CNS(=O)(=O)c1ccc(OCCCN)cc1. The minimum atomic E-state index is -3.79. The number of hydroxylamine groups is 1. The molecule has 0 bridgehead atoms. The molecule has 0 radical (unpaired) electrons. The zero-order valence-electron chi connectivity index (χ0n) is 14.9. The largest absolute Gasteiger partial charge is 0.494 e. The number of nitrogens with two attached hydrogens (primary N) is 1. The number of nitrogens with one attached hydrogen (secondary N) is 2. The lowest BCUT2D eigenvalue weighted by molar-refractivity contribution is 0.0705. The van der Waals surface area contributed by atoms with Crippen molar-refractivity contribution in [1.29, 1.82) is 0 Å². The van der Waals surface area contributed by atoms with Crippen molar-refractivity contribution in [3.05, 3.63) is 59.2 Å². The summed E-state index contributed by atoms with van der Waals surface area (Å²) in [4.78, 5) is 11.8. The highest BCUT2D eigenvalue weighted by molar-refractivity contribution is 7.89. The van der Waals surface area contributed by atoms with Gasteiger partial charge in [-0.15, -0.1) is 0 Å². The van der Waals surface area contributed by atoms with Crippen LogP contribution in [-0.4, -0.2) is 32.7 Å². The fourth-order valence-electron chi connectivity index (χ4n) is 2.45. The molecule has 0 saturated carbocycles. The Morgan fingerprint density at radius 1 is 1.19 bits per heavy atom. The fourth-order valence-corrected chi connectivity index (χ4v) is 3.44. The molecule has 8 nitrogen and oxygen atoms in total. The highest BCUT2D eigenvalue weighted by Gasteiger charge is 2.18. The maximum atomic E-state index is 12.5. The van der Waals surface area contributed by atoms with Gasteiger partial charge in [-0.25, -0.2) is 18.6 Å². The van der Waals surface area contributed by atoms with E-state index in [1.165, 1.54) is 18.2 Å². The van der Waals surface area contributed by atoms with Gasteiger partial charge in [0.2, 0.25) is 10.0 Å². The van der Waals surface area contributed by atoms with Crippen LogP contribution in [0, 0.1) is 6.92 Å². The lowest BCUT2D eigenvalue weighted by Crippen LogP contribution is -2.27. The van der Waals surface area contributed by atoms with Crippen molar-refractivity contribution in [2.24, 2.45) is 5.73 Å². The Hall–Kier alpha value is -2.46. The number of amides is 1. The van der Waals surface area contributed by atoms with Crippen LogP contribution in [-0.2, 0) is 16.6 Å². The van der Waals surface area contributed by atoms with E-state index in [-0.39, 0.29) is 17.0 Å².